The first-order valence-electron chi connectivity index (χ1n) is 7.47. The number of rotatable bonds is 7. The third kappa shape index (κ3) is 5.07. The summed E-state index contributed by atoms with van der Waals surface area (Å²) in [6, 6.07) is 0. The monoisotopic (exact) mass is 297 g/mol. The Kier molecular flexibility index (Phi) is 4.92. The van der Waals surface area contributed by atoms with E-state index in [1.165, 1.54) is 0 Å². The molecule has 0 radical (unpaired) electrons. The van der Waals surface area contributed by atoms with E-state index in [4.69, 9.17) is 6.42 Å². The van der Waals surface area contributed by atoms with Crippen LogP contribution >= 0.6 is 0 Å². The number of nitrogens with one attached hydrogen (secondary N) is 1. The van der Waals surface area contributed by atoms with Crippen molar-refractivity contribution >= 4 is 5.91 Å². The lowest BCUT2D eigenvalue weighted by atomic mass is 9.86. The van der Waals surface area contributed by atoms with Crippen LogP contribution in [-0.2, 0) is 4.79 Å². The average molecular weight is 297 g/mol. The van der Waals surface area contributed by atoms with Gasteiger partial charge < -0.3 is 5.32 Å². The summed E-state index contributed by atoms with van der Waals surface area (Å²) in [5.74, 6) is -0.281. The maximum atomic E-state index is 13.3. The minimum absolute atomic E-state index is 0.0296. The number of alkyl halides is 2. The minimum Gasteiger partial charge on any atom is -0.356 e. The first-order chi connectivity index (χ1) is 9.95. The van der Waals surface area contributed by atoms with Crippen molar-refractivity contribution in [2.75, 3.05) is 6.54 Å². The van der Waals surface area contributed by atoms with E-state index in [1.54, 1.807) is 0 Å². The number of carbonyl (C=O) groups excluding carboxylic acids is 1. The number of amides is 1. The fourth-order valence-corrected chi connectivity index (χ4v) is 2.78. The van der Waals surface area contributed by atoms with E-state index in [0.29, 0.717) is 38.6 Å². The number of hydrogen-bond donors (Lipinski definition) is 1. The van der Waals surface area contributed by atoms with Gasteiger partial charge in [-0.1, -0.05) is 0 Å². The second-order valence-electron chi connectivity index (χ2n) is 6.01. The Balaban J connectivity index is 1.63. The smallest absolute Gasteiger partial charge is 0.248 e. The van der Waals surface area contributed by atoms with Gasteiger partial charge in [0.15, 0.2) is 5.66 Å². The van der Waals surface area contributed by atoms with Crippen molar-refractivity contribution in [3.63, 3.8) is 0 Å². The van der Waals surface area contributed by atoms with E-state index in [9.17, 15) is 13.6 Å². The lowest BCUT2D eigenvalue weighted by Crippen LogP contribution is -2.35. The lowest BCUT2D eigenvalue weighted by molar-refractivity contribution is -0.122. The Morgan fingerprint density at radius 3 is 2.76 bits per heavy atom. The van der Waals surface area contributed by atoms with E-state index in [1.807, 2.05) is 0 Å². The molecule has 0 aromatic carbocycles. The van der Waals surface area contributed by atoms with E-state index < -0.39 is 11.6 Å². The van der Waals surface area contributed by atoms with Crippen molar-refractivity contribution in [1.82, 2.24) is 5.32 Å². The van der Waals surface area contributed by atoms with Gasteiger partial charge in [-0.15, -0.1) is 12.3 Å². The third-order valence-corrected chi connectivity index (χ3v) is 4.14. The van der Waals surface area contributed by atoms with E-state index in [-0.39, 0.29) is 24.7 Å². The van der Waals surface area contributed by atoms with E-state index in [2.05, 4.69) is 21.5 Å². The molecule has 6 heteroatoms. The molecule has 4 nitrogen and oxygen atoms in total. The van der Waals surface area contributed by atoms with Crippen LogP contribution < -0.4 is 5.32 Å². The standard InChI is InChI=1S/C15H21F2N3O/c1-2-3-8-15(19-20-15)9-6-13(21)18-11-12-5-4-7-14(16,17)10-12/h1,12H,3-11H2,(H,18,21). The molecule has 116 valence electrons. The van der Waals surface area contributed by atoms with Crippen LogP contribution in [0.15, 0.2) is 10.2 Å². The molecule has 1 heterocycles. The van der Waals surface area contributed by atoms with Gasteiger partial charge in [-0.2, -0.15) is 10.2 Å². The molecular formula is C15H21F2N3O. The SMILES string of the molecule is C#CCCC1(CCC(=O)NCC2CCCC(F)(F)C2)N=N1. The van der Waals surface area contributed by atoms with Gasteiger partial charge in [0.25, 0.3) is 0 Å². The third-order valence-electron chi connectivity index (χ3n) is 4.14. The molecular weight excluding hydrogens is 276 g/mol. The van der Waals surface area contributed by atoms with Crippen LogP contribution in [0.4, 0.5) is 8.78 Å². The van der Waals surface area contributed by atoms with E-state index >= 15 is 0 Å². The second-order valence-corrected chi connectivity index (χ2v) is 6.01. The summed E-state index contributed by atoms with van der Waals surface area (Å²) in [6.07, 6.45) is 8.44. The van der Waals surface area contributed by atoms with Gasteiger partial charge in [0.2, 0.25) is 11.8 Å². The number of nitrogens with zero attached hydrogens (tertiary/aromatic N) is 2. The van der Waals surface area contributed by atoms with E-state index in [0.717, 1.165) is 6.42 Å². The number of carbonyl (C=O) groups is 1. The van der Waals surface area contributed by atoms with Gasteiger partial charge in [0.1, 0.15) is 0 Å². The molecule has 1 amide bonds. The van der Waals surface area contributed by atoms with Crippen molar-refractivity contribution in [3.8, 4) is 12.3 Å². The first-order valence-corrected chi connectivity index (χ1v) is 7.47. The van der Waals surface area contributed by atoms with Crippen molar-refractivity contribution < 1.29 is 13.6 Å². The Hall–Kier alpha value is -1.51. The van der Waals surface area contributed by atoms with Gasteiger partial charge in [-0.05, 0) is 18.8 Å². The molecule has 1 saturated carbocycles. The lowest BCUT2D eigenvalue weighted by Gasteiger charge is -2.28. The van der Waals surface area contributed by atoms with Crippen LogP contribution in [0.5, 0.6) is 0 Å². The Morgan fingerprint density at radius 2 is 2.14 bits per heavy atom. The number of terminal acetylenes is 1. The summed E-state index contributed by atoms with van der Waals surface area (Å²) in [6.45, 7) is 0.333. The zero-order valence-electron chi connectivity index (χ0n) is 12.1. The molecule has 1 unspecified atom stereocenters. The van der Waals surface area contributed by atoms with Crippen LogP contribution in [0.1, 0.15) is 51.4 Å². The van der Waals surface area contributed by atoms with Crippen LogP contribution in [0.3, 0.4) is 0 Å². The normalized spacial score (nSPS) is 25.1. The van der Waals surface area contributed by atoms with Crippen molar-refractivity contribution in [1.29, 1.82) is 0 Å². The average Bonchev–Trinajstić information content (AvgIpc) is 3.20. The van der Waals surface area contributed by atoms with Crippen molar-refractivity contribution in [2.24, 2.45) is 16.1 Å². The molecule has 0 spiro atoms. The van der Waals surface area contributed by atoms with Crippen molar-refractivity contribution in [3.05, 3.63) is 0 Å². The fourth-order valence-electron chi connectivity index (χ4n) is 2.78. The van der Waals surface area contributed by atoms with Gasteiger partial charge in [0, 0.05) is 45.1 Å². The highest BCUT2D eigenvalue weighted by Crippen LogP contribution is 2.38. The molecule has 0 aromatic rings. The predicted octanol–water partition coefficient (Wildman–Crippen LogP) is 3.28. The topological polar surface area (TPSA) is 53.8 Å². The molecule has 1 aliphatic carbocycles. The molecule has 2 rings (SSSR count). The fraction of sp³-hybridized carbons (Fsp3) is 0.800. The first kappa shape index (κ1) is 15.9. The summed E-state index contributed by atoms with van der Waals surface area (Å²) >= 11 is 0. The maximum absolute atomic E-state index is 13.3. The molecule has 1 N–H and O–H groups in total. The summed E-state index contributed by atoms with van der Waals surface area (Å²) < 4.78 is 26.5. The largest absolute Gasteiger partial charge is 0.356 e. The minimum atomic E-state index is -2.57. The number of hydrogen-bond acceptors (Lipinski definition) is 3. The molecule has 1 aliphatic heterocycles. The zero-order valence-corrected chi connectivity index (χ0v) is 12.1. The highest BCUT2D eigenvalue weighted by molar-refractivity contribution is 5.76. The molecule has 0 bridgehead atoms. The van der Waals surface area contributed by atoms with Crippen LogP contribution in [0, 0.1) is 18.3 Å². The highest BCUT2D eigenvalue weighted by Gasteiger charge is 2.39. The summed E-state index contributed by atoms with van der Waals surface area (Å²) in [7, 11) is 0. The summed E-state index contributed by atoms with van der Waals surface area (Å²) in [5.41, 5.74) is -0.457. The molecule has 1 atom stereocenters. The number of halogens is 2. The van der Waals surface area contributed by atoms with Gasteiger partial charge in [0.05, 0.1) is 0 Å². The van der Waals surface area contributed by atoms with Crippen molar-refractivity contribution in [2.45, 2.75) is 63.0 Å². The highest BCUT2D eigenvalue weighted by atomic mass is 19.3. The predicted molar refractivity (Wildman–Crippen MR) is 74.8 cm³/mol. The maximum Gasteiger partial charge on any atom is 0.248 e. The molecule has 0 saturated heterocycles. The Morgan fingerprint density at radius 1 is 1.38 bits per heavy atom. The molecule has 21 heavy (non-hydrogen) atoms. The zero-order chi connectivity index (χ0) is 15.3. The molecule has 1 fully saturated rings. The summed E-state index contributed by atoms with van der Waals surface area (Å²) in [5, 5.41) is 10.7. The van der Waals surface area contributed by atoms with Gasteiger partial charge >= 0.3 is 0 Å². The Bertz CT molecular complexity index is 450. The summed E-state index contributed by atoms with van der Waals surface area (Å²) in [4.78, 5) is 11.8. The van der Waals surface area contributed by atoms with Crippen LogP contribution in [0.25, 0.3) is 0 Å². The van der Waals surface area contributed by atoms with Crippen LogP contribution in [0.2, 0.25) is 0 Å². The van der Waals surface area contributed by atoms with Gasteiger partial charge in [-0.25, -0.2) is 8.78 Å². The molecule has 0 aromatic heterocycles. The van der Waals surface area contributed by atoms with Crippen LogP contribution in [-0.4, -0.2) is 24.0 Å². The quantitative estimate of drug-likeness (QED) is 0.720. The second kappa shape index (κ2) is 6.50. The van der Waals surface area contributed by atoms with Gasteiger partial charge in [-0.3, -0.25) is 4.79 Å². The molecule has 2 aliphatic rings. The Labute approximate surface area is 123 Å².